The molecule has 0 saturated heterocycles. The van der Waals surface area contributed by atoms with Gasteiger partial charge in [-0.3, -0.25) is 9.59 Å². The summed E-state index contributed by atoms with van der Waals surface area (Å²) in [5.41, 5.74) is -0.710. The van der Waals surface area contributed by atoms with Gasteiger partial charge in [-0.25, -0.2) is 0 Å². The van der Waals surface area contributed by atoms with Crippen molar-refractivity contribution in [3.63, 3.8) is 0 Å². The van der Waals surface area contributed by atoms with Crippen molar-refractivity contribution in [2.24, 2.45) is 5.41 Å². The molecular weight excluding hydrogens is 220 g/mol. The standard InChI is InChI=1S/C13H20O4/c1-4-8-13(11(14)15,12(16)17)9-7-10(5-2)6-3/h4,7H,1,5-6,8-9H2,2-3H3,(H,14,15)(H,16,17). The molecule has 0 radical (unpaired) electrons. The zero-order valence-electron chi connectivity index (χ0n) is 10.4. The van der Waals surface area contributed by atoms with Gasteiger partial charge in [0, 0.05) is 0 Å². The van der Waals surface area contributed by atoms with Gasteiger partial charge in [0.1, 0.15) is 0 Å². The predicted octanol–water partition coefficient (Wildman–Crippen LogP) is 2.85. The normalized spacial score (nSPS) is 10.7. The van der Waals surface area contributed by atoms with Crippen molar-refractivity contribution in [3.8, 4) is 0 Å². The minimum Gasteiger partial charge on any atom is -0.480 e. The van der Waals surface area contributed by atoms with Crippen LogP contribution >= 0.6 is 0 Å². The molecule has 17 heavy (non-hydrogen) atoms. The van der Waals surface area contributed by atoms with Crippen LogP contribution in [0.3, 0.4) is 0 Å². The van der Waals surface area contributed by atoms with Crippen LogP contribution in [-0.4, -0.2) is 22.2 Å². The zero-order chi connectivity index (χ0) is 13.5. The van der Waals surface area contributed by atoms with Crippen molar-refractivity contribution < 1.29 is 19.8 Å². The van der Waals surface area contributed by atoms with Gasteiger partial charge in [0.2, 0.25) is 0 Å². The third-order valence-corrected chi connectivity index (χ3v) is 2.96. The highest BCUT2D eigenvalue weighted by Gasteiger charge is 2.44. The van der Waals surface area contributed by atoms with Gasteiger partial charge in [0.15, 0.2) is 5.41 Å². The Morgan fingerprint density at radius 1 is 1.12 bits per heavy atom. The summed E-state index contributed by atoms with van der Waals surface area (Å²) in [6.07, 6.45) is 4.61. The van der Waals surface area contributed by atoms with Crippen LogP contribution in [0.15, 0.2) is 24.3 Å². The van der Waals surface area contributed by atoms with Crippen LogP contribution in [0.2, 0.25) is 0 Å². The van der Waals surface area contributed by atoms with E-state index in [0.29, 0.717) is 0 Å². The number of carbonyl (C=O) groups is 2. The first-order valence-electron chi connectivity index (χ1n) is 5.70. The highest BCUT2D eigenvalue weighted by Crippen LogP contribution is 2.30. The molecule has 0 saturated carbocycles. The van der Waals surface area contributed by atoms with Gasteiger partial charge in [-0.15, -0.1) is 6.58 Å². The maximum atomic E-state index is 11.2. The second-order valence-corrected chi connectivity index (χ2v) is 3.96. The summed E-state index contributed by atoms with van der Waals surface area (Å²) in [6, 6.07) is 0. The molecule has 0 unspecified atom stereocenters. The molecule has 0 aromatic carbocycles. The van der Waals surface area contributed by atoms with E-state index in [1.165, 1.54) is 6.08 Å². The summed E-state index contributed by atoms with van der Waals surface area (Å²) in [6.45, 7) is 7.36. The molecule has 0 heterocycles. The van der Waals surface area contributed by atoms with Gasteiger partial charge >= 0.3 is 11.9 Å². The zero-order valence-corrected chi connectivity index (χ0v) is 10.4. The number of carboxylic acid groups (broad SMARTS) is 2. The molecule has 96 valence electrons. The van der Waals surface area contributed by atoms with Crippen molar-refractivity contribution in [3.05, 3.63) is 24.3 Å². The fraction of sp³-hybridized carbons (Fsp3) is 0.538. The van der Waals surface area contributed by atoms with Gasteiger partial charge in [0.25, 0.3) is 0 Å². The first-order chi connectivity index (χ1) is 7.94. The lowest BCUT2D eigenvalue weighted by molar-refractivity contribution is -0.164. The average molecular weight is 240 g/mol. The molecular formula is C13H20O4. The minimum absolute atomic E-state index is 0.000694. The van der Waals surface area contributed by atoms with Gasteiger partial charge < -0.3 is 10.2 Å². The molecule has 0 spiro atoms. The lowest BCUT2D eigenvalue weighted by atomic mass is 9.80. The fourth-order valence-electron chi connectivity index (χ4n) is 1.63. The van der Waals surface area contributed by atoms with Crippen LogP contribution in [0.4, 0.5) is 0 Å². The van der Waals surface area contributed by atoms with Crippen LogP contribution in [-0.2, 0) is 9.59 Å². The van der Waals surface area contributed by atoms with Crippen LogP contribution in [0.1, 0.15) is 39.5 Å². The maximum absolute atomic E-state index is 11.2. The Morgan fingerprint density at radius 3 is 1.88 bits per heavy atom. The SMILES string of the molecule is C=CCC(CC=C(CC)CC)(C(=O)O)C(=O)O. The summed E-state index contributed by atoms with van der Waals surface area (Å²) in [4.78, 5) is 22.4. The molecule has 2 N–H and O–H groups in total. The molecule has 0 fully saturated rings. The van der Waals surface area contributed by atoms with E-state index in [1.54, 1.807) is 6.08 Å². The number of carboxylic acids is 2. The van der Waals surface area contributed by atoms with Crippen LogP contribution in [0, 0.1) is 5.41 Å². The summed E-state index contributed by atoms with van der Waals surface area (Å²) in [5, 5.41) is 18.3. The van der Waals surface area contributed by atoms with Crippen LogP contribution in [0.25, 0.3) is 0 Å². The van der Waals surface area contributed by atoms with Crippen molar-refractivity contribution in [1.29, 1.82) is 0 Å². The summed E-state index contributed by atoms with van der Waals surface area (Å²) in [5.74, 6) is -2.62. The molecule has 0 aliphatic rings. The molecule has 0 aliphatic carbocycles. The van der Waals surface area contributed by atoms with Gasteiger partial charge in [-0.2, -0.15) is 0 Å². The third-order valence-electron chi connectivity index (χ3n) is 2.96. The Balaban J connectivity index is 5.18. The molecule has 4 nitrogen and oxygen atoms in total. The fourth-order valence-corrected chi connectivity index (χ4v) is 1.63. The molecule has 0 amide bonds. The molecule has 0 aliphatic heterocycles. The Bertz CT molecular complexity index is 308. The van der Waals surface area contributed by atoms with Crippen molar-refractivity contribution in [2.45, 2.75) is 39.5 Å². The maximum Gasteiger partial charge on any atom is 0.321 e. The molecule has 4 heteroatoms. The van der Waals surface area contributed by atoms with E-state index in [1.807, 2.05) is 13.8 Å². The van der Waals surface area contributed by atoms with Crippen LogP contribution < -0.4 is 0 Å². The molecule has 0 aromatic heterocycles. The van der Waals surface area contributed by atoms with Gasteiger partial charge in [-0.1, -0.05) is 31.6 Å². The third kappa shape index (κ3) is 3.73. The topological polar surface area (TPSA) is 74.6 Å². The average Bonchev–Trinajstić information content (AvgIpc) is 2.28. The number of hydrogen-bond donors (Lipinski definition) is 2. The Labute approximate surface area is 102 Å². The van der Waals surface area contributed by atoms with E-state index in [4.69, 9.17) is 10.2 Å². The number of rotatable bonds is 8. The first kappa shape index (κ1) is 15.4. The molecule has 0 bridgehead atoms. The minimum atomic E-state index is -1.78. The molecule has 0 aromatic rings. The van der Waals surface area contributed by atoms with E-state index >= 15 is 0 Å². The van der Waals surface area contributed by atoms with Crippen molar-refractivity contribution in [2.75, 3.05) is 0 Å². The second-order valence-electron chi connectivity index (χ2n) is 3.96. The second kappa shape index (κ2) is 6.89. The number of hydrogen-bond acceptors (Lipinski definition) is 2. The highest BCUT2D eigenvalue weighted by molar-refractivity contribution is 5.98. The largest absolute Gasteiger partial charge is 0.480 e. The summed E-state index contributed by atoms with van der Waals surface area (Å²) >= 11 is 0. The Kier molecular flexibility index (Phi) is 6.25. The van der Waals surface area contributed by atoms with E-state index < -0.39 is 17.4 Å². The lowest BCUT2D eigenvalue weighted by Gasteiger charge is -2.22. The summed E-state index contributed by atoms with van der Waals surface area (Å²) in [7, 11) is 0. The van der Waals surface area contributed by atoms with Crippen molar-refractivity contribution in [1.82, 2.24) is 0 Å². The molecule has 0 rings (SSSR count). The van der Waals surface area contributed by atoms with Crippen molar-refractivity contribution >= 4 is 11.9 Å². The van der Waals surface area contributed by atoms with Crippen LogP contribution in [0.5, 0.6) is 0 Å². The van der Waals surface area contributed by atoms with E-state index in [9.17, 15) is 9.59 Å². The van der Waals surface area contributed by atoms with E-state index in [2.05, 4.69) is 6.58 Å². The first-order valence-corrected chi connectivity index (χ1v) is 5.70. The van der Waals surface area contributed by atoms with E-state index in [0.717, 1.165) is 18.4 Å². The van der Waals surface area contributed by atoms with Gasteiger partial charge in [0.05, 0.1) is 0 Å². The van der Waals surface area contributed by atoms with Gasteiger partial charge in [-0.05, 0) is 25.7 Å². The highest BCUT2D eigenvalue weighted by atomic mass is 16.4. The summed E-state index contributed by atoms with van der Waals surface area (Å²) < 4.78 is 0. The number of allylic oxidation sites excluding steroid dienone is 3. The number of aliphatic carboxylic acids is 2. The van der Waals surface area contributed by atoms with E-state index in [-0.39, 0.29) is 12.8 Å². The smallest absolute Gasteiger partial charge is 0.321 e. The monoisotopic (exact) mass is 240 g/mol. The quantitative estimate of drug-likeness (QED) is 0.505. The Hall–Kier alpha value is -1.58. The molecule has 0 atom stereocenters. The Morgan fingerprint density at radius 2 is 1.59 bits per heavy atom. The lowest BCUT2D eigenvalue weighted by Crippen LogP contribution is -2.38. The predicted molar refractivity (Wildman–Crippen MR) is 65.8 cm³/mol.